The maximum Gasteiger partial charge on any atom is 0.236 e. The van der Waals surface area contributed by atoms with E-state index in [1.54, 1.807) is 0 Å². The van der Waals surface area contributed by atoms with E-state index in [4.69, 9.17) is 10.5 Å². The van der Waals surface area contributed by atoms with Crippen LogP contribution in [0.4, 0.5) is 5.13 Å². The third-order valence-corrected chi connectivity index (χ3v) is 3.93. The lowest BCUT2D eigenvalue weighted by atomic mass is 10.5. The first-order chi connectivity index (χ1) is 8.57. The number of nitrogens with two attached hydrogens (primary N) is 1. The highest BCUT2D eigenvalue weighted by Gasteiger charge is 2.12. The smallest absolute Gasteiger partial charge is 0.236 e. The van der Waals surface area contributed by atoms with E-state index in [9.17, 15) is 8.42 Å². The molecule has 6 nitrogen and oxygen atoms in total. The van der Waals surface area contributed by atoms with Crippen molar-refractivity contribution in [1.29, 1.82) is 0 Å². The Labute approximate surface area is 111 Å². The average molecular weight is 289 g/mol. The zero-order valence-electron chi connectivity index (χ0n) is 9.97. The summed E-state index contributed by atoms with van der Waals surface area (Å²) in [6.07, 6.45) is 1.51. The highest BCUT2D eigenvalue weighted by atomic mass is 32.2. The Hall–Kier alpha value is -1.14. The molecule has 0 atom stereocenters. The molecule has 0 aliphatic heterocycles. The molecule has 0 aliphatic rings. The van der Waals surface area contributed by atoms with Crippen LogP contribution in [0, 0.1) is 11.8 Å². The van der Waals surface area contributed by atoms with E-state index in [1.807, 2.05) is 6.92 Å². The summed E-state index contributed by atoms with van der Waals surface area (Å²) in [5, 5.41) is 0.299. The number of hydrogen-bond donors (Lipinski definition) is 2. The van der Waals surface area contributed by atoms with Gasteiger partial charge in [-0.1, -0.05) is 23.2 Å². The van der Waals surface area contributed by atoms with Crippen LogP contribution in [0.1, 0.15) is 11.8 Å². The fourth-order valence-corrected chi connectivity index (χ4v) is 2.86. The molecule has 0 spiro atoms. The molecule has 1 aromatic heterocycles. The molecule has 3 N–H and O–H groups in total. The highest BCUT2D eigenvalue weighted by Crippen LogP contribution is 2.18. The van der Waals surface area contributed by atoms with Crippen molar-refractivity contribution >= 4 is 26.5 Å². The predicted octanol–water partition coefficient (Wildman–Crippen LogP) is 0.232. The summed E-state index contributed by atoms with van der Waals surface area (Å²) in [4.78, 5) is 4.60. The third-order valence-electron chi connectivity index (χ3n) is 1.76. The van der Waals surface area contributed by atoms with Gasteiger partial charge in [-0.05, 0) is 6.92 Å². The van der Waals surface area contributed by atoms with Crippen LogP contribution in [0.15, 0.2) is 6.20 Å². The summed E-state index contributed by atoms with van der Waals surface area (Å²) >= 11 is 1.17. The topological polar surface area (TPSA) is 94.3 Å². The second kappa shape index (κ2) is 7.33. The SMILES string of the molecule is CCOCCS(=O)(=O)Nc1ncc(C#CCN)s1. The number of rotatable bonds is 6. The summed E-state index contributed by atoms with van der Waals surface area (Å²) in [7, 11) is -3.41. The van der Waals surface area contributed by atoms with Crippen LogP contribution < -0.4 is 10.5 Å². The third kappa shape index (κ3) is 5.46. The monoisotopic (exact) mass is 289 g/mol. The fraction of sp³-hybridized carbons (Fsp3) is 0.500. The number of hydrogen-bond acceptors (Lipinski definition) is 6. The van der Waals surface area contributed by atoms with E-state index < -0.39 is 10.0 Å². The average Bonchev–Trinajstić information content (AvgIpc) is 2.73. The zero-order valence-corrected chi connectivity index (χ0v) is 11.6. The first kappa shape index (κ1) is 14.9. The van der Waals surface area contributed by atoms with Crippen molar-refractivity contribution in [3.05, 3.63) is 11.1 Å². The van der Waals surface area contributed by atoms with Crippen LogP contribution in [-0.2, 0) is 14.8 Å². The first-order valence-electron chi connectivity index (χ1n) is 5.30. The molecule has 1 heterocycles. The Bertz CT molecular complexity index is 528. The van der Waals surface area contributed by atoms with Crippen LogP contribution in [0.3, 0.4) is 0 Å². The fourth-order valence-electron chi connectivity index (χ4n) is 1.01. The Kier molecular flexibility index (Phi) is 6.07. The second-order valence-corrected chi connectivity index (χ2v) is 6.03. The van der Waals surface area contributed by atoms with Crippen molar-refractivity contribution in [2.75, 3.05) is 30.2 Å². The molecule has 0 radical (unpaired) electrons. The molecule has 1 rings (SSSR count). The van der Waals surface area contributed by atoms with E-state index in [0.717, 1.165) is 0 Å². The van der Waals surface area contributed by atoms with Gasteiger partial charge in [0.25, 0.3) is 0 Å². The van der Waals surface area contributed by atoms with Crippen molar-refractivity contribution < 1.29 is 13.2 Å². The minimum atomic E-state index is -3.41. The summed E-state index contributed by atoms with van der Waals surface area (Å²) < 4.78 is 30.6. The first-order valence-corrected chi connectivity index (χ1v) is 7.77. The number of ether oxygens (including phenoxy) is 1. The molecule has 18 heavy (non-hydrogen) atoms. The van der Waals surface area contributed by atoms with E-state index in [2.05, 4.69) is 21.5 Å². The molecule has 0 amide bonds. The molecule has 8 heteroatoms. The highest BCUT2D eigenvalue weighted by molar-refractivity contribution is 7.92. The molecule has 0 aromatic carbocycles. The van der Waals surface area contributed by atoms with Crippen LogP contribution in [0.5, 0.6) is 0 Å². The number of nitrogens with zero attached hydrogens (tertiary/aromatic N) is 1. The Morgan fingerprint density at radius 2 is 2.39 bits per heavy atom. The molecular weight excluding hydrogens is 274 g/mol. The number of nitrogens with one attached hydrogen (secondary N) is 1. The van der Waals surface area contributed by atoms with Gasteiger partial charge in [0.05, 0.1) is 30.0 Å². The van der Waals surface area contributed by atoms with Gasteiger partial charge in [-0.15, -0.1) is 0 Å². The van der Waals surface area contributed by atoms with E-state index >= 15 is 0 Å². The lowest BCUT2D eigenvalue weighted by Gasteiger charge is -2.04. The van der Waals surface area contributed by atoms with Crippen LogP contribution >= 0.6 is 11.3 Å². The summed E-state index contributed by atoms with van der Waals surface area (Å²) in [6, 6.07) is 0. The number of aromatic nitrogens is 1. The molecule has 0 saturated carbocycles. The molecule has 100 valence electrons. The minimum Gasteiger partial charge on any atom is -0.381 e. The minimum absolute atomic E-state index is 0.0930. The zero-order chi connectivity index (χ0) is 13.4. The maximum atomic E-state index is 11.6. The lowest BCUT2D eigenvalue weighted by molar-refractivity contribution is 0.163. The van der Waals surface area contributed by atoms with Crippen LogP contribution in [0.2, 0.25) is 0 Å². The summed E-state index contributed by atoms with van der Waals surface area (Å²) in [5.74, 6) is 5.36. The largest absolute Gasteiger partial charge is 0.381 e. The van der Waals surface area contributed by atoms with Gasteiger partial charge in [-0.2, -0.15) is 0 Å². The molecule has 0 aliphatic carbocycles. The van der Waals surface area contributed by atoms with Crippen molar-refractivity contribution in [1.82, 2.24) is 4.98 Å². The predicted molar refractivity (Wildman–Crippen MR) is 71.9 cm³/mol. The molecular formula is C10H15N3O3S2. The maximum absolute atomic E-state index is 11.6. The Balaban J connectivity index is 2.58. The summed E-state index contributed by atoms with van der Waals surface area (Å²) in [6.45, 7) is 2.72. The molecule has 0 bridgehead atoms. The van der Waals surface area contributed by atoms with Crippen molar-refractivity contribution in [3.8, 4) is 11.8 Å². The van der Waals surface area contributed by atoms with Gasteiger partial charge < -0.3 is 10.5 Å². The van der Waals surface area contributed by atoms with Crippen molar-refractivity contribution in [3.63, 3.8) is 0 Å². The van der Waals surface area contributed by atoms with Crippen molar-refractivity contribution in [2.24, 2.45) is 5.73 Å². The van der Waals surface area contributed by atoms with Gasteiger partial charge in [0, 0.05) is 6.61 Å². The normalized spacial score (nSPS) is 10.8. The van der Waals surface area contributed by atoms with E-state index in [0.29, 0.717) is 16.6 Å². The number of anilines is 1. The Morgan fingerprint density at radius 3 is 3.06 bits per heavy atom. The molecule has 1 aromatic rings. The molecule has 0 unspecified atom stereocenters. The van der Waals surface area contributed by atoms with Gasteiger partial charge in [0.15, 0.2) is 5.13 Å². The molecule has 0 saturated heterocycles. The quantitative estimate of drug-likeness (QED) is 0.577. The van der Waals surface area contributed by atoms with E-state index in [-0.39, 0.29) is 18.9 Å². The van der Waals surface area contributed by atoms with Crippen molar-refractivity contribution in [2.45, 2.75) is 6.92 Å². The Morgan fingerprint density at radius 1 is 1.61 bits per heavy atom. The number of thiazole rings is 1. The molecule has 0 fully saturated rings. The second-order valence-electron chi connectivity index (χ2n) is 3.15. The van der Waals surface area contributed by atoms with Gasteiger partial charge in [-0.3, -0.25) is 4.72 Å². The number of sulfonamides is 1. The van der Waals surface area contributed by atoms with Gasteiger partial charge >= 0.3 is 0 Å². The van der Waals surface area contributed by atoms with Gasteiger partial charge in [0.2, 0.25) is 10.0 Å². The van der Waals surface area contributed by atoms with E-state index in [1.165, 1.54) is 17.5 Å². The summed E-state index contributed by atoms with van der Waals surface area (Å²) in [5.41, 5.74) is 5.24. The van der Waals surface area contributed by atoms with Gasteiger partial charge in [0.1, 0.15) is 0 Å². The lowest BCUT2D eigenvalue weighted by Crippen LogP contribution is -2.20. The standard InChI is InChI=1S/C10H15N3O3S2/c1-2-16-6-7-18(14,15)13-10-12-8-9(17-10)4-3-5-11/h8H,2,5-7,11H2,1H3,(H,12,13). The van der Waals surface area contributed by atoms with Crippen LogP contribution in [0.25, 0.3) is 0 Å². The van der Waals surface area contributed by atoms with Gasteiger partial charge in [-0.25, -0.2) is 13.4 Å². The van der Waals surface area contributed by atoms with Crippen LogP contribution in [-0.4, -0.2) is 38.9 Å².